The van der Waals surface area contributed by atoms with Crippen molar-refractivity contribution in [2.45, 2.75) is 19.9 Å². The normalized spacial score (nSPS) is 16.5. The second-order valence-electron chi connectivity index (χ2n) is 7.00. The van der Waals surface area contributed by atoms with Crippen molar-refractivity contribution in [2.24, 2.45) is 10.9 Å². The Morgan fingerprint density at radius 1 is 1.28 bits per heavy atom. The number of aromatic nitrogens is 1. The van der Waals surface area contributed by atoms with Crippen LogP contribution < -0.4 is 14.8 Å². The molecule has 3 rings (SSSR count). The summed E-state index contributed by atoms with van der Waals surface area (Å²) in [4.78, 5) is 10.9. The first-order valence-electron chi connectivity index (χ1n) is 10.0. The highest BCUT2D eigenvalue weighted by Gasteiger charge is 2.19. The number of benzene rings is 1. The van der Waals surface area contributed by atoms with Gasteiger partial charge in [0.2, 0.25) is 5.88 Å². The number of aliphatic imine (C=N–C) groups is 1. The molecule has 0 spiro atoms. The third-order valence-electron chi connectivity index (χ3n) is 4.74. The van der Waals surface area contributed by atoms with Crippen molar-refractivity contribution in [2.75, 3.05) is 40.5 Å². The van der Waals surface area contributed by atoms with Gasteiger partial charge in [-0.2, -0.15) is 0 Å². The maximum absolute atomic E-state index is 5.88. The van der Waals surface area contributed by atoms with E-state index in [9.17, 15) is 0 Å². The molecule has 1 atom stereocenters. The average Bonchev–Trinajstić information content (AvgIpc) is 3.24. The van der Waals surface area contributed by atoms with Crippen molar-refractivity contribution in [1.29, 1.82) is 0 Å². The SMILES string of the molecule is CCOc1ccccc1Oc1ccc(CNC(=NC)N(C)CC2CCOC2)cn1. The maximum atomic E-state index is 5.88. The molecule has 7 nitrogen and oxygen atoms in total. The first kappa shape index (κ1) is 20.9. The summed E-state index contributed by atoms with van der Waals surface area (Å²) >= 11 is 0. The summed E-state index contributed by atoms with van der Waals surface area (Å²) in [6.07, 6.45) is 2.92. The van der Waals surface area contributed by atoms with Gasteiger partial charge in [0.05, 0.1) is 13.2 Å². The fourth-order valence-electron chi connectivity index (χ4n) is 3.26. The number of pyridine rings is 1. The minimum Gasteiger partial charge on any atom is -0.490 e. The lowest BCUT2D eigenvalue weighted by Gasteiger charge is -2.24. The molecule has 1 aliphatic heterocycles. The van der Waals surface area contributed by atoms with E-state index in [1.54, 1.807) is 7.05 Å². The molecule has 0 radical (unpaired) electrons. The molecule has 1 unspecified atom stereocenters. The number of guanidine groups is 1. The molecule has 7 heteroatoms. The van der Waals surface area contributed by atoms with Crippen molar-refractivity contribution in [3.63, 3.8) is 0 Å². The Balaban J connectivity index is 1.53. The van der Waals surface area contributed by atoms with E-state index in [1.165, 1.54) is 0 Å². The van der Waals surface area contributed by atoms with Crippen LogP contribution in [0.4, 0.5) is 0 Å². The van der Waals surface area contributed by atoms with Crippen LogP contribution in [-0.2, 0) is 11.3 Å². The summed E-state index contributed by atoms with van der Waals surface area (Å²) in [6.45, 7) is 5.80. The van der Waals surface area contributed by atoms with Gasteiger partial charge in [0.1, 0.15) is 0 Å². The summed E-state index contributed by atoms with van der Waals surface area (Å²) in [6, 6.07) is 11.5. The molecule has 1 aliphatic rings. The number of ether oxygens (including phenoxy) is 3. The zero-order chi connectivity index (χ0) is 20.5. The second kappa shape index (κ2) is 10.7. The molecule has 0 aliphatic carbocycles. The molecule has 1 fully saturated rings. The van der Waals surface area contributed by atoms with Gasteiger partial charge >= 0.3 is 0 Å². The number of para-hydroxylation sites is 2. The fraction of sp³-hybridized carbons (Fsp3) is 0.455. The van der Waals surface area contributed by atoms with Crippen molar-refractivity contribution >= 4 is 5.96 Å². The average molecular weight is 399 g/mol. The number of nitrogens with zero attached hydrogens (tertiary/aromatic N) is 3. The van der Waals surface area contributed by atoms with Gasteiger partial charge < -0.3 is 24.4 Å². The van der Waals surface area contributed by atoms with Crippen LogP contribution in [0.2, 0.25) is 0 Å². The van der Waals surface area contributed by atoms with Crippen LogP contribution in [0.15, 0.2) is 47.6 Å². The third kappa shape index (κ3) is 6.09. The largest absolute Gasteiger partial charge is 0.490 e. The summed E-state index contributed by atoms with van der Waals surface area (Å²) in [7, 11) is 3.85. The van der Waals surface area contributed by atoms with Crippen molar-refractivity contribution < 1.29 is 14.2 Å². The van der Waals surface area contributed by atoms with Gasteiger partial charge in [-0.15, -0.1) is 0 Å². The third-order valence-corrected chi connectivity index (χ3v) is 4.74. The Kier molecular flexibility index (Phi) is 7.69. The minimum absolute atomic E-state index is 0.531. The van der Waals surface area contributed by atoms with E-state index in [2.05, 4.69) is 27.2 Å². The van der Waals surface area contributed by atoms with Crippen molar-refractivity contribution in [1.82, 2.24) is 15.2 Å². The highest BCUT2D eigenvalue weighted by molar-refractivity contribution is 5.79. The lowest BCUT2D eigenvalue weighted by molar-refractivity contribution is 0.181. The Bertz CT molecular complexity index is 789. The molecule has 1 aromatic carbocycles. The molecule has 0 bridgehead atoms. The number of nitrogens with one attached hydrogen (secondary N) is 1. The lowest BCUT2D eigenvalue weighted by Crippen LogP contribution is -2.41. The van der Waals surface area contributed by atoms with Crippen molar-refractivity contribution in [3.05, 3.63) is 48.2 Å². The van der Waals surface area contributed by atoms with Crippen LogP contribution in [0.3, 0.4) is 0 Å². The van der Waals surface area contributed by atoms with E-state index in [-0.39, 0.29) is 0 Å². The fourth-order valence-corrected chi connectivity index (χ4v) is 3.26. The Hall–Kier alpha value is -2.80. The van der Waals surface area contributed by atoms with E-state index < -0.39 is 0 Å². The summed E-state index contributed by atoms with van der Waals surface area (Å²) < 4.78 is 16.9. The van der Waals surface area contributed by atoms with Crippen molar-refractivity contribution in [3.8, 4) is 17.4 Å². The highest BCUT2D eigenvalue weighted by atomic mass is 16.5. The van der Waals surface area contributed by atoms with E-state index >= 15 is 0 Å². The first-order valence-corrected chi connectivity index (χ1v) is 10.0. The summed E-state index contributed by atoms with van der Waals surface area (Å²) in [5.41, 5.74) is 1.05. The van der Waals surface area contributed by atoms with E-state index in [0.29, 0.717) is 36.4 Å². The highest BCUT2D eigenvalue weighted by Crippen LogP contribution is 2.30. The second-order valence-corrected chi connectivity index (χ2v) is 7.00. The number of hydrogen-bond donors (Lipinski definition) is 1. The van der Waals surface area contributed by atoms with Crippen LogP contribution in [0.25, 0.3) is 0 Å². The van der Waals surface area contributed by atoms with E-state index in [4.69, 9.17) is 14.2 Å². The molecule has 1 saturated heterocycles. The maximum Gasteiger partial charge on any atom is 0.219 e. The summed E-state index contributed by atoms with van der Waals surface area (Å²) in [5, 5.41) is 3.39. The molecule has 1 N–H and O–H groups in total. The van der Waals surface area contributed by atoms with Crippen LogP contribution in [0.1, 0.15) is 18.9 Å². The minimum atomic E-state index is 0.531. The van der Waals surface area contributed by atoms with Gasteiger partial charge in [0, 0.05) is 52.0 Å². The quantitative estimate of drug-likeness (QED) is 0.544. The van der Waals surface area contributed by atoms with Gasteiger partial charge in [-0.3, -0.25) is 4.99 Å². The molecule has 2 aromatic rings. The molecule has 0 saturated carbocycles. The first-order chi connectivity index (χ1) is 14.2. The molecule has 156 valence electrons. The predicted molar refractivity (Wildman–Crippen MR) is 114 cm³/mol. The Labute approximate surface area is 172 Å². The number of rotatable bonds is 8. The number of hydrogen-bond acceptors (Lipinski definition) is 5. The van der Waals surface area contributed by atoms with Gasteiger partial charge in [0.15, 0.2) is 17.5 Å². The van der Waals surface area contributed by atoms with E-state index in [0.717, 1.165) is 37.7 Å². The predicted octanol–water partition coefficient (Wildman–Crippen LogP) is 3.32. The molecule has 29 heavy (non-hydrogen) atoms. The molecular formula is C22H30N4O3. The van der Waals surface area contributed by atoms with Gasteiger partial charge in [-0.05, 0) is 31.0 Å². The monoisotopic (exact) mass is 398 g/mol. The topological polar surface area (TPSA) is 68.2 Å². The summed E-state index contributed by atoms with van der Waals surface area (Å²) in [5.74, 6) is 3.33. The molecule has 0 amide bonds. The van der Waals surface area contributed by atoms with Crippen LogP contribution >= 0.6 is 0 Å². The van der Waals surface area contributed by atoms with E-state index in [1.807, 2.05) is 49.5 Å². The smallest absolute Gasteiger partial charge is 0.219 e. The van der Waals surface area contributed by atoms with Crippen LogP contribution in [0.5, 0.6) is 17.4 Å². The zero-order valence-corrected chi connectivity index (χ0v) is 17.4. The Morgan fingerprint density at radius 3 is 2.76 bits per heavy atom. The zero-order valence-electron chi connectivity index (χ0n) is 17.4. The lowest BCUT2D eigenvalue weighted by atomic mass is 10.1. The molecule has 1 aromatic heterocycles. The molecular weight excluding hydrogens is 368 g/mol. The van der Waals surface area contributed by atoms with Crippen LogP contribution in [0, 0.1) is 5.92 Å². The van der Waals surface area contributed by atoms with Gasteiger partial charge in [-0.25, -0.2) is 4.98 Å². The standard InChI is InChI=1S/C22H30N4O3/c1-4-28-19-7-5-6-8-20(19)29-21-10-9-17(13-24-21)14-25-22(23-2)26(3)15-18-11-12-27-16-18/h5-10,13,18H,4,11-12,14-16H2,1-3H3,(H,23,25). The van der Waals surface area contributed by atoms with Gasteiger partial charge in [-0.1, -0.05) is 18.2 Å². The Morgan fingerprint density at radius 2 is 2.10 bits per heavy atom. The van der Waals surface area contributed by atoms with Gasteiger partial charge in [0.25, 0.3) is 0 Å². The van der Waals surface area contributed by atoms with Crippen LogP contribution in [-0.4, -0.2) is 56.3 Å². The molecule has 2 heterocycles.